The van der Waals surface area contributed by atoms with Gasteiger partial charge in [-0.2, -0.15) is 0 Å². The number of rotatable bonds is 18. The Morgan fingerprint density at radius 2 is 0.740 bits per heavy atom. The molecule has 0 saturated heterocycles. The molecule has 0 fully saturated rings. The molecule has 0 rings (SSSR count). The van der Waals surface area contributed by atoms with Gasteiger partial charge in [-0.15, -0.1) is 0 Å². The zero-order chi connectivity index (χ0) is 34.5. The van der Waals surface area contributed by atoms with Gasteiger partial charge in [0.05, 0.1) is 26.1 Å². The topological polar surface area (TPSA) is 405 Å². The third-order valence-corrected chi connectivity index (χ3v) is 5.28. The molecule has 302 valence electrons. The summed E-state index contributed by atoms with van der Waals surface area (Å²) in [7, 11) is 0. The molecule has 0 saturated carbocycles. The Hall–Kier alpha value is 0.600. The van der Waals surface area contributed by atoms with E-state index in [-0.39, 0.29) is 120 Å². The van der Waals surface area contributed by atoms with Gasteiger partial charge in [0.1, 0.15) is 48.8 Å². The van der Waals surface area contributed by atoms with Crippen molar-refractivity contribution < 1.29 is 188 Å². The van der Waals surface area contributed by atoms with E-state index in [0.717, 1.165) is 0 Å². The van der Waals surface area contributed by atoms with Crippen molar-refractivity contribution in [3.05, 3.63) is 0 Å². The van der Waals surface area contributed by atoms with Gasteiger partial charge in [-0.05, 0) is 0 Å². The maximum absolute atomic E-state index is 11.7. The van der Waals surface area contributed by atoms with Crippen LogP contribution in [0.3, 0.4) is 0 Å². The Morgan fingerprint density at radius 3 is 0.980 bits per heavy atom. The molecule has 0 aromatic heterocycles. The molecule has 0 amide bonds. The normalized spacial score (nSPS) is 17.4. The van der Waals surface area contributed by atoms with Crippen LogP contribution in [0.5, 0.6) is 0 Å². The van der Waals surface area contributed by atoms with Crippen molar-refractivity contribution in [3.63, 3.8) is 0 Å². The molecular formula is C21H38Cu2Fe2Mg2O23. The smallest absolute Gasteiger partial charge is 1.00 e. The van der Waals surface area contributed by atoms with Crippen molar-refractivity contribution in [2.24, 2.45) is 0 Å². The predicted molar refractivity (Wildman–Crippen MR) is 141 cm³/mol. The Morgan fingerprint density at radius 1 is 0.480 bits per heavy atom. The first-order valence-electron chi connectivity index (χ1n) is 12.0. The van der Waals surface area contributed by atoms with Gasteiger partial charge in [0.15, 0.2) is 12.2 Å². The zero-order valence-corrected chi connectivity index (χ0v) is 31.8. The van der Waals surface area contributed by atoms with Crippen LogP contribution in [-0.2, 0) is 106 Å². The van der Waals surface area contributed by atoms with E-state index in [0.29, 0.717) is 0 Å². The number of carbonyl (C=O) groups is 5. The fourth-order valence-corrected chi connectivity index (χ4v) is 2.72. The molecule has 23 nitrogen and oxygen atoms in total. The number of hydrogen-bond donors (Lipinski definition) is 14. The first kappa shape index (κ1) is 65.5. The Kier molecular flexibility index (Phi) is 43.2. The van der Waals surface area contributed by atoms with Gasteiger partial charge in [0.2, 0.25) is 12.6 Å². The summed E-state index contributed by atoms with van der Waals surface area (Å²) in [4.78, 5) is 58.4. The molecule has 29 heteroatoms. The van der Waals surface area contributed by atoms with E-state index in [1.165, 1.54) is 0 Å². The van der Waals surface area contributed by atoms with Crippen LogP contribution in [0.15, 0.2) is 0 Å². The summed E-state index contributed by atoms with van der Waals surface area (Å²) >= 11 is 0. The summed E-state index contributed by atoms with van der Waals surface area (Å²) in [6.45, 7) is -2.13. The molecule has 4 unspecified atom stereocenters. The molecule has 0 spiro atoms. The summed E-state index contributed by atoms with van der Waals surface area (Å²) in [6.07, 6.45) is -33.4. The first-order chi connectivity index (χ1) is 20.3. The maximum atomic E-state index is 11.7. The van der Waals surface area contributed by atoms with Gasteiger partial charge in [-0.25, -0.2) is 14.4 Å². The second kappa shape index (κ2) is 33.0. The second-order valence-corrected chi connectivity index (χ2v) is 8.74. The molecule has 0 aromatic carbocycles. The Balaban J connectivity index is -0.000000205. The molecule has 12 atom stereocenters. The zero-order valence-electron chi connectivity index (χ0n) is 28.9. The van der Waals surface area contributed by atoms with Crippen LogP contribution in [0.25, 0.3) is 0 Å². The van der Waals surface area contributed by atoms with E-state index in [4.69, 9.17) is 10.2 Å². The summed E-state index contributed by atoms with van der Waals surface area (Å²) in [5.41, 5.74) is 0. The molecule has 50 heavy (non-hydrogen) atoms. The second-order valence-electron chi connectivity index (χ2n) is 8.74. The predicted octanol–water partition coefficient (Wildman–Crippen LogP) is -10.0. The van der Waals surface area contributed by atoms with Crippen LogP contribution in [0, 0.1) is 0 Å². The summed E-state index contributed by atoms with van der Waals surface area (Å²) < 4.78 is 16.1. The summed E-state index contributed by atoms with van der Waals surface area (Å²) in [6, 6.07) is 0. The average molecular weight is 946 g/mol. The van der Waals surface area contributed by atoms with Crippen molar-refractivity contribution in [1.82, 2.24) is 0 Å². The molecule has 0 aliphatic rings. The number of aliphatic hydroxyl groups is 14. The number of ether oxygens (including phenoxy) is 4. The molecule has 14 N–H and O–H groups in total. The van der Waals surface area contributed by atoms with Crippen LogP contribution in [0.2, 0.25) is 0 Å². The van der Waals surface area contributed by atoms with Crippen molar-refractivity contribution in [1.29, 1.82) is 0 Å². The quantitative estimate of drug-likeness (QED) is 0.0199. The van der Waals surface area contributed by atoms with Gasteiger partial charge < -0.3 is 96.1 Å². The SMILES string of the molecule is O=C(CC(O)C(=O)OC(=O)OC(=O)C(O)CC(=O)OC(O)[C@H](O)[C@@H](O)[C@H](O)[C@H](O)CO)OC(O)[C@H](O)[C@@H](O)[C@H](O)[C@H](O)CO.[Cu].[Cu].[Fe].[Fe].[H-].[H-].[H-].[H-].[Mg+2].[Mg+2]. The van der Waals surface area contributed by atoms with Crippen molar-refractivity contribution >= 4 is 76.1 Å². The van der Waals surface area contributed by atoms with E-state index in [9.17, 15) is 85.3 Å². The van der Waals surface area contributed by atoms with Crippen LogP contribution in [-0.4, -0.2) is 234 Å². The Labute approximate surface area is 361 Å². The molecule has 0 aromatic rings. The first-order valence-corrected chi connectivity index (χ1v) is 12.0. The minimum atomic E-state index is -2.61. The number of carbonyl (C=O) groups excluding carboxylic acids is 5. The molecule has 0 aliphatic carbocycles. The van der Waals surface area contributed by atoms with Crippen LogP contribution < -0.4 is 0 Å². The monoisotopic (exact) mass is 944 g/mol. The number of hydrogen-bond acceptors (Lipinski definition) is 23. The van der Waals surface area contributed by atoms with Crippen LogP contribution in [0.4, 0.5) is 4.79 Å². The number of esters is 4. The van der Waals surface area contributed by atoms with Crippen LogP contribution in [0.1, 0.15) is 18.5 Å². The largest absolute Gasteiger partial charge is 2.00 e. The van der Waals surface area contributed by atoms with Gasteiger partial charge in [-0.1, -0.05) is 0 Å². The fraction of sp³-hybridized carbons (Fsp3) is 0.762. The molecule has 0 heterocycles. The van der Waals surface area contributed by atoms with Crippen LogP contribution >= 0.6 is 0 Å². The Bertz CT molecular complexity index is 927. The third kappa shape index (κ3) is 23.4. The fourth-order valence-electron chi connectivity index (χ4n) is 2.72. The molecule has 0 aliphatic heterocycles. The molecular weight excluding hydrogens is 908 g/mol. The van der Waals surface area contributed by atoms with Crippen molar-refractivity contribution in [3.8, 4) is 0 Å². The minimum Gasteiger partial charge on any atom is -1.00 e. The van der Waals surface area contributed by atoms with Gasteiger partial charge in [0.25, 0.3) is 0 Å². The third-order valence-electron chi connectivity index (χ3n) is 5.28. The van der Waals surface area contributed by atoms with E-state index in [1.54, 1.807) is 0 Å². The summed E-state index contributed by atoms with van der Waals surface area (Å²) in [5, 5.41) is 132. The van der Waals surface area contributed by atoms with E-state index >= 15 is 0 Å². The minimum absolute atomic E-state index is 0. The van der Waals surface area contributed by atoms with E-state index in [2.05, 4.69) is 18.9 Å². The number of aliphatic hydroxyl groups excluding tert-OH is 14. The van der Waals surface area contributed by atoms with Gasteiger partial charge in [-0.3, -0.25) is 9.59 Å². The molecule has 2 radical (unpaired) electrons. The van der Waals surface area contributed by atoms with Gasteiger partial charge >= 0.3 is 76.1 Å². The van der Waals surface area contributed by atoms with E-state index < -0.39 is 130 Å². The standard InChI is InChI=1S/C21H34O23.2Cu.2Fe.2Mg.4H/c22-3-7(26)11(30)13(32)15(34)19(38)41-9(28)1-5(24)17(36)43-21(40)44-18(37)6(25)2-10(29)42-20(39)16(35)14(33)12(31)8(27)4-23;;;;;;;;;;/h5-8,11-16,19-20,22-27,30-35,38-39H,1-4H2;;;;;;;;;;/q;;;;;2*+2;4*-1/t5?,6?,7-,8-,11-,12-,13+,14+,15-,16-,19?,20?;;;;;;;;;;/m1........../s1. The molecule has 0 bridgehead atoms. The van der Waals surface area contributed by atoms with Crippen molar-refractivity contribution in [2.75, 3.05) is 13.2 Å². The summed E-state index contributed by atoms with van der Waals surface area (Å²) in [5.74, 6) is -7.31. The maximum Gasteiger partial charge on any atom is 2.00 e. The van der Waals surface area contributed by atoms with Gasteiger partial charge in [0, 0.05) is 68.3 Å². The van der Waals surface area contributed by atoms with Crippen molar-refractivity contribution in [2.45, 2.75) is 86.5 Å². The van der Waals surface area contributed by atoms with E-state index in [1.807, 2.05) is 0 Å². The average Bonchev–Trinajstić information content (AvgIpc) is 2.96.